The molecule has 0 aliphatic heterocycles. The molecule has 0 saturated carbocycles. The molecule has 0 bridgehead atoms. The van der Waals surface area contributed by atoms with Crippen molar-refractivity contribution in [2.75, 3.05) is 7.05 Å². The van der Waals surface area contributed by atoms with Crippen LogP contribution >= 0.6 is 0 Å². The second kappa shape index (κ2) is 3.42. The lowest BCUT2D eigenvalue weighted by molar-refractivity contribution is 0.551. The number of fused-ring (bicyclic) bond motifs is 1. The molecule has 1 N–H and O–H groups in total. The van der Waals surface area contributed by atoms with Gasteiger partial charge in [-0.05, 0) is 20.0 Å². The molecule has 1 heterocycles. The first-order valence-electron chi connectivity index (χ1n) is 4.57. The van der Waals surface area contributed by atoms with Gasteiger partial charge in [0.15, 0.2) is 11.4 Å². The summed E-state index contributed by atoms with van der Waals surface area (Å²) in [4.78, 5) is 0. The highest BCUT2D eigenvalue weighted by molar-refractivity contribution is 5.81. The predicted octanol–water partition coefficient (Wildman–Crippen LogP) is 2.85. The van der Waals surface area contributed by atoms with Crippen molar-refractivity contribution in [3.05, 3.63) is 35.8 Å². The van der Waals surface area contributed by atoms with Crippen LogP contribution in [-0.4, -0.2) is 7.05 Å². The van der Waals surface area contributed by atoms with Crippen LogP contribution in [0.3, 0.4) is 0 Å². The van der Waals surface area contributed by atoms with Crippen molar-refractivity contribution in [2.45, 2.75) is 13.0 Å². The minimum atomic E-state index is -0.308. The van der Waals surface area contributed by atoms with E-state index in [2.05, 4.69) is 5.32 Å². The van der Waals surface area contributed by atoms with Gasteiger partial charge >= 0.3 is 0 Å². The summed E-state index contributed by atoms with van der Waals surface area (Å²) in [5.74, 6) is -0.308. The second-order valence-electron chi connectivity index (χ2n) is 3.32. The zero-order valence-electron chi connectivity index (χ0n) is 8.17. The molecule has 1 aromatic carbocycles. The third-order valence-electron chi connectivity index (χ3n) is 2.48. The second-order valence-corrected chi connectivity index (χ2v) is 3.32. The van der Waals surface area contributed by atoms with Gasteiger partial charge in [0.25, 0.3) is 0 Å². The van der Waals surface area contributed by atoms with Crippen molar-refractivity contribution in [1.82, 2.24) is 5.32 Å². The van der Waals surface area contributed by atoms with Crippen molar-refractivity contribution < 1.29 is 8.81 Å². The Morgan fingerprint density at radius 2 is 2.21 bits per heavy atom. The molecule has 0 saturated heterocycles. The van der Waals surface area contributed by atoms with Crippen molar-refractivity contribution in [3.63, 3.8) is 0 Å². The quantitative estimate of drug-likeness (QED) is 0.793. The van der Waals surface area contributed by atoms with Gasteiger partial charge in [0.05, 0.1) is 6.26 Å². The number of benzene rings is 1. The smallest absolute Gasteiger partial charge is 0.169 e. The molecule has 3 heteroatoms. The lowest BCUT2D eigenvalue weighted by atomic mass is 10.1. The largest absolute Gasteiger partial charge is 0.461 e. The van der Waals surface area contributed by atoms with Gasteiger partial charge < -0.3 is 9.73 Å². The molecule has 0 radical (unpaired) electrons. The van der Waals surface area contributed by atoms with Gasteiger partial charge in [0.1, 0.15) is 0 Å². The molecular weight excluding hydrogens is 181 g/mol. The maximum atomic E-state index is 13.3. The van der Waals surface area contributed by atoms with E-state index < -0.39 is 0 Å². The Bertz CT molecular complexity index is 449. The molecule has 2 aromatic rings. The molecule has 1 unspecified atom stereocenters. The standard InChI is InChI=1S/C11H12FNO/c1-7(13-2)9-6-14-11-8(9)4-3-5-10(11)12/h3-7,13H,1-2H3. The summed E-state index contributed by atoms with van der Waals surface area (Å²) in [6.07, 6.45) is 1.61. The van der Waals surface area contributed by atoms with Crippen LogP contribution in [0.4, 0.5) is 4.39 Å². The van der Waals surface area contributed by atoms with E-state index in [9.17, 15) is 4.39 Å². The normalized spacial score (nSPS) is 13.4. The summed E-state index contributed by atoms with van der Waals surface area (Å²) >= 11 is 0. The van der Waals surface area contributed by atoms with E-state index in [0.29, 0.717) is 5.58 Å². The lowest BCUT2D eigenvalue weighted by Crippen LogP contribution is -2.11. The first-order chi connectivity index (χ1) is 6.74. The minimum absolute atomic E-state index is 0.165. The van der Waals surface area contributed by atoms with Gasteiger partial charge in [0.2, 0.25) is 0 Å². The molecule has 1 atom stereocenters. The Morgan fingerprint density at radius 1 is 1.43 bits per heavy atom. The van der Waals surface area contributed by atoms with Crippen molar-refractivity contribution in [1.29, 1.82) is 0 Å². The molecular formula is C11H12FNO. The predicted molar refractivity (Wildman–Crippen MR) is 53.6 cm³/mol. The highest BCUT2D eigenvalue weighted by Crippen LogP contribution is 2.27. The van der Waals surface area contributed by atoms with E-state index in [1.165, 1.54) is 6.07 Å². The summed E-state index contributed by atoms with van der Waals surface area (Å²) < 4.78 is 18.4. The van der Waals surface area contributed by atoms with E-state index in [0.717, 1.165) is 10.9 Å². The average molecular weight is 193 g/mol. The van der Waals surface area contributed by atoms with Crippen LogP contribution in [0, 0.1) is 5.82 Å². The van der Waals surface area contributed by atoms with Crippen molar-refractivity contribution >= 4 is 11.0 Å². The topological polar surface area (TPSA) is 25.2 Å². The molecule has 0 aliphatic rings. The van der Waals surface area contributed by atoms with E-state index in [1.807, 2.05) is 20.0 Å². The van der Waals surface area contributed by atoms with Crippen LogP contribution < -0.4 is 5.32 Å². The number of halogens is 1. The summed E-state index contributed by atoms with van der Waals surface area (Å²) in [5, 5.41) is 3.94. The number of nitrogens with one attached hydrogen (secondary N) is 1. The molecule has 0 amide bonds. The molecule has 2 nitrogen and oxygen atoms in total. The van der Waals surface area contributed by atoms with Gasteiger partial charge in [-0.2, -0.15) is 0 Å². The van der Waals surface area contributed by atoms with Gasteiger partial charge in [-0.1, -0.05) is 12.1 Å². The summed E-state index contributed by atoms with van der Waals surface area (Å²) in [7, 11) is 1.86. The molecule has 74 valence electrons. The monoisotopic (exact) mass is 193 g/mol. The van der Waals surface area contributed by atoms with Crippen LogP contribution in [0.2, 0.25) is 0 Å². The highest BCUT2D eigenvalue weighted by Gasteiger charge is 2.13. The maximum Gasteiger partial charge on any atom is 0.169 e. The van der Waals surface area contributed by atoms with Crippen LogP contribution in [0.15, 0.2) is 28.9 Å². The van der Waals surface area contributed by atoms with E-state index in [1.54, 1.807) is 12.3 Å². The molecule has 1 aromatic heterocycles. The third-order valence-corrected chi connectivity index (χ3v) is 2.48. The van der Waals surface area contributed by atoms with Crippen LogP contribution in [0.25, 0.3) is 11.0 Å². The van der Waals surface area contributed by atoms with Gasteiger partial charge in [0, 0.05) is 17.0 Å². The Hall–Kier alpha value is -1.35. The zero-order chi connectivity index (χ0) is 10.1. The molecule has 0 aliphatic carbocycles. The highest BCUT2D eigenvalue weighted by atomic mass is 19.1. The Labute approximate surface area is 81.7 Å². The van der Waals surface area contributed by atoms with Crippen molar-refractivity contribution in [3.8, 4) is 0 Å². The maximum absolute atomic E-state index is 13.3. The first-order valence-corrected chi connectivity index (χ1v) is 4.57. The van der Waals surface area contributed by atoms with E-state index in [4.69, 9.17) is 4.42 Å². The third kappa shape index (κ3) is 1.30. The van der Waals surface area contributed by atoms with E-state index >= 15 is 0 Å². The molecule has 2 rings (SSSR count). The van der Waals surface area contributed by atoms with Gasteiger partial charge in [-0.25, -0.2) is 4.39 Å². The molecule has 0 fully saturated rings. The lowest BCUT2D eigenvalue weighted by Gasteiger charge is -2.06. The Morgan fingerprint density at radius 3 is 2.93 bits per heavy atom. The summed E-state index contributed by atoms with van der Waals surface area (Å²) in [6.45, 7) is 2.01. The molecule has 14 heavy (non-hydrogen) atoms. The van der Waals surface area contributed by atoms with Gasteiger partial charge in [-0.3, -0.25) is 0 Å². The number of rotatable bonds is 2. The minimum Gasteiger partial charge on any atom is -0.461 e. The van der Waals surface area contributed by atoms with Gasteiger partial charge in [-0.15, -0.1) is 0 Å². The number of furan rings is 1. The Kier molecular flexibility index (Phi) is 2.25. The fourth-order valence-corrected chi connectivity index (χ4v) is 1.53. The summed E-state index contributed by atoms with van der Waals surface area (Å²) in [5.41, 5.74) is 1.33. The fourth-order valence-electron chi connectivity index (χ4n) is 1.53. The number of hydrogen-bond acceptors (Lipinski definition) is 2. The fraction of sp³-hybridized carbons (Fsp3) is 0.273. The van der Waals surface area contributed by atoms with Crippen LogP contribution in [0.5, 0.6) is 0 Å². The van der Waals surface area contributed by atoms with Crippen LogP contribution in [0.1, 0.15) is 18.5 Å². The Balaban J connectivity index is 2.63. The number of para-hydroxylation sites is 1. The SMILES string of the molecule is CNC(C)c1coc2c(F)cccc12. The average Bonchev–Trinajstić information content (AvgIpc) is 2.62. The molecule has 0 spiro atoms. The first kappa shape index (κ1) is 9.21. The van der Waals surface area contributed by atoms with E-state index in [-0.39, 0.29) is 11.9 Å². The van der Waals surface area contributed by atoms with Crippen LogP contribution in [-0.2, 0) is 0 Å². The summed E-state index contributed by atoms with van der Waals surface area (Å²) in [6, 6.07) is 5.13. The number of hydrogen-bond donors (Lipinski definition) is 1. The zero-order valence-corrected chi connectivity index (χ0v) is 8.17. The van der Waals surface area contributed by atoms with Crippen molar-refractivity contribution in [2.24, 2.45) is 0 Å².